The van der Waals surface area contributed by atoms with Gasteiger partial charge in [-0.3, -0.25) is 9.59 Å². The number of phenolic OH excluding ortho intramolecular Hbond substituents is 1. The third kappa shape index (κ3) is 1.98. The Morgan fingerprint density at radius 1 is 1.50 bits per heavy atom. The highest BCUT2D eigenvalue weighted by Crippen LogP contribution is 2.32. The number of ether oxygens (including phenoxy) is 1. The summed E-state index contributed by atoms with van der Waals surface area (Å²) in [5, 5.41) is 17.8. The van der Waals surface area contributed by atoms with Gasteiger partial charge in [0.1, 0.15) is 11.5 Å². The molecule has 0 radical (unpaired) electrons. The zero-order chi connectivity index (χ0) is 11.7. The molecule has 0 bridgehead atoms. The maximum Gasteiger partial charge on any atom is 0.315 e. The Balaban J connectivity index is 2.25. The molecule has 0 aromatic heterocycles. The van der Waals surface area contributed by atoms with Crippen molar-refractivity contribution >= 4 is 11.9 Å². The molecule has 0 spiro atoms. The van der Waals surface area contributed by atoms with Gasteiger partial charge in [-0.15, -0.1) is 0 Å². The lowest BCUT2D eigenvalue weighted by Crippen LogP contribution is -2.29. The van der Waals surface area contributed by atoms with Gasteiger partial charge in [-0.05, 0) is 18.1 Å². The number of hydrogen-bond acceptors (Lipinski definition) is 4. The van der Waals surface area contributed by atoms with Crippen molar-refractivity contribution in [2.45, 2.75) is 12.8 Å². The summed E-state index contributed by atoms with van der Waals surface area (Å²) in [6.45, 7) is 0. The van der Waals surface area contributed by atoms with Crippen LogP contribution in [-0.2, 0) is 16.0 Å². The smallest absolute Gasteiger partial charge is 0.315 e. The number of carboxylic acid groups (broad SMARTS) is 1. The van der Waals surface area contributed by atoms with Crippen molar-refractivity contribution in [1.29, 1.82) is 0 Å². The lowest BCUT2D eigenvalue weighted by molar-refractivity contribution is -0.147. The number of aromatic hydroxyl groups is 1. The number of carbonyl (C=O) groups excluding carboxylic acids is 1. The molecule has 1 aromatic carbocycles. The van der Waals surface area contributed by atoms with E-state index in [1.165, 1.54) is 12.1 Å². The number of hydrogen-bond donors (Lipinski definition) is 2. The van der Waals surface area contributed by atoms with E-state index in [2.05, 4.69) is 0 Å². The van der Waals surface area contributed by atoms with E-state index >= 15 is 0 Å². The van der Waals surface area contributed by atoms with Gasteiger partial charge in [-0.25, -0.2) is 0 Å². The van der Waals surface area contributed by atoms with Crippen LogP contribution in [0.3, 0.4) is 0 Å². The highest BCUT2D eigenvalue weighted by Gasteiger charge is 2.30. The molecule has 1 unspecified atom stereocenters. The minimum atomic E-state index is -1.02. The minimum absolute atomic E-state index is 0.0169. The van der Waals surface area contributed by atoms with Gasteiger partial charge in [0.25, 0.3) is 0 Å². The fraction of sp³-hybridized carbons (Fsp3) is 0.273. The van der Waals surface area contributed by atoms with Gasteiger partial charge in [0.2, 0.25) is 0 Å². The summed E-state index contributed by atoms with van der Waals surface area (Å²) in [7, 11) is 0. The van der Waals surface area contributed by atoms with Crippen LogP contribution in [0.25, 0.3) is 0 Å². The highest BCUT2D eigenvalue weighted by molar-refractivity contribution is 5.82. The second kappa shape index (κ2) is 3.84. The third-order valence-electron chi connectivity index (χ3n) is 2.48. The van der Waals surface area contributed by atoms with Crippen molar-refractivity contribution in [3.05, 3.63) is 23.8 Å². The highest BCUT2D eigenvalue weighted by atomic mass is 16.5. The molecule has 1 aliphatic rings. The van der Waals surface area contributed by atoms with E-state index in [0.717, 1.165) is 5.56 Å². The third-order valence-corrected chi connectivity index (χ3v) is 2.48. The standard InChI is InChI=1S/C11H10O5/c12-8-2-1-6-3-7(4-10(13)14)11(15)16-9(6)5-8/h1-2,5,7,12H,3-4H2,(H,13,14). The summed E-state index contributed by atoms with van der Waals surface area (Å²) >= 11 is 0. The monoisotopic (exact) mass is 222 g/mol. The lowest BCUT2D eigenvalue weighted by Gasteiger charge is -2.22. The zero-order valence-electron chi connectivity index (χ0n) is 8.34. The predicted molar refractivity (Wildman–Crippen MR) is 53.2 cm³/mol. The fourth-order valence-corrected chi connectivity index (χ4v) is 1.71. The largest absolute Gasteiger partial charge is 0.508 e. The molecule has 1 aromatic rings. The summed E-state index contributed by atoms with van der Waals surface area (Å²) in [4.78, 5) is 22.0. The summed E-state index contributed by atoms with van der Waals surface area (Å²) < 4.78 is 4.96. The average Bonchev–Trinajstić information content (AvgIpc) is 2.19. The van der Waals surface area contributed by atoms with Crippen molar-refractivity contribution in [2.24, 2.45) is 5.92 Å². The van der Waals surface area contributed by atoms with Gasteiger partial charge in [-0.1, -0.05) is 6.07 Å². The molecule has 5 heteroatoms. The van der Waals surface area contributed by atoms with E-state index in [4.69, 9.17) is 9.84 Å². The number of esters is 1. The van der Waals surface area contributed by atoms with E-state index in [1.807, 2.05) is 0 Å². The van der Waals surface area contributed by atoms with E-state index in [-0.39, 0.29) is 12.2 Å². The van der Waals surface area contributed by atoms with Gasteiger partial charge >= 0.3 is 11.9 Å². The second-order valence-electron chi connectivity index (χ2n) is 3.71. The van der Waals surface area contributed by atoms with Gasteiger partial charge in [0.05, 0.1) is 12.3 Å². The van der Waals surface area contributed by atoms with Crippen molar-refractivity contribution in [3.63, 3.8) is 0 Å². The molecule has 0 aliphatic carbocycles. The minimum Gasteiger partial charge on any atom is -0.508 e. The molecule has 0 fully saturated rings. The maximum atomic E-state index is 11.4. The zero-order valence-corrected chi connectivity index (χ0v) is 8.34. The lowest BCUT2D eigenvalue weighted by atomic mass is 9.93. The topological polar surface area (TPSA) is 83.8 Å². The first-order valence-electron chi connectivity index (χ1n) is 4.81. The van der Waals surface area contributed by atoms with Crippen LogP contribution in [0, 0.1) is 5.92 Å². The summed E-state index contributed by atoms with van der Waals surface area (Å²) in [6, 6.07) is 4.46. The number of fused-ring (bicyclic) bond motifs is 1. The molecule has 0 saturated heterocycles. The number of aliphatic carboxylic acids is 1. The Morgan fingerprint density at radius 3 is 2.94 bits per heavy atom. The van der Waals surface area contributed by atoms with Crippen LogP contribution >= 0.6 is 0 Å². The second-order valence-corrected chi connectivity index (χ2v) is 3.71. The van der Waals surface area contributed by atoms with Crippen molar-refractivity contribution in [3.8, 4) is 11.5 Å². The van der Waals surface area contributed by atoms with E-state index in [9.17, 15) is 14.7 Å². The van der Waals surface area contributed by atoms with Crippen LogP contribution in [0.1, 0.15) is 12.0 Å². The average molecular weight is 222 g/mol. The first-order chi connectivity index (χ1) is 7.56. The van der Waals surface area contributed by atoms with Crippen LogP contribution < -0.4 is 4.74 Å². The molecule has 5 nitrogen and oxygen atoms in total. The molecule has 0 saturated carbocycles. The van der Waals surface area contributed by atoms with E-state index in [0.29, 0.717) is 12.2 Å². The predicted octanol–water partition coefficient (Wildman–Crippen LogP) is 0.945. The molecule has 0 amide bonds. The van der Waals surface area contributed by atoms with Crippen LogP contribution in [0.2, 0.25) is 0 Å². The quantitative estimate of drug-likeness (QED) is 0.574. The van der Waals surface area contributed by atoms with Crippen LogP contribution in [0.4, 0.5) is 0 Å². The van der Waals surface area contributed by atoms with E-state index < -0.39 is 17.9 Å². The number of carbonyl (C=O) groups is 2. The van der Waals surface area contributed by atoms with Crippen LogP contribution in [0.15, 0.2) is 18.2 Å². The fourth-order valence-electron chi connectivity index (χ4n) is 1.71. The summed E-state index contributed by atoms with van der Waals surface area (Å²) in [5.74, 6) is -1.89. The van der Waals surface area contributed by atoms with Crippen LogP contribution in [-0.4, -0.2) is 22.2 Å². The Labute approximate surface area is 91.3 Å². The van der Waals surface area contributed by atoms with E-state index in [1.54, 1.807) is 6.07 Å². The molecule has 84 valence electrons. The molecular formula is C11H10O5. The Bertz CT molecular complexity index is 452. The van der Waals surface area contributed by atoms with Gasteiger partial charge in [0, 0.05) is 6.07 Å². The van der Waals surface area contributed by atoms with Crippen molar-refractivity contribution < 1.29 is 24.5 Å². The number of phenols is 1. The summed E-state index contributed by atoms with van der Waals surface area (Å²) in [5.41, 5.74) is 0.739. The number of rotatable bonds is 2. The van der Waals surface area contributed by atoms with Gasteiger partial charge in [-0.2, -0.15) is 0 Å². The van der Waals surface area contributed by atoms with Crippen molar-refractivity contribution in [2.75, 3.05) is 0 Å². The Hall–Kier alpha value is -2.04. The Kier molecular flexibility index (Phi) is 2.52. The molecule has 2 rings (SSSR count). The maximum absolute atomic E-state index is 11.4. The first-order valence-corrected chi connectivity index (χ1v) is 4.81. The van der Waals surface area contributed by atoms with Crippen molar-refractivity contribution in [1.82, 2.24) is 0 Å². The molecule has 16 heavy (non-hydrogen) atoms. The first kappa shape index (κ1) is 10.5. The number of carboxylic acids is 1. The molecule has 1 atom stereocenters. The SMILES string of the molecule is O=C(O)CC1Cc2ccc(O)cc2OC1=O. The molecule has 1 heterocycles. The van der Waals surface area contributed by atoms with Gasteiger partial charge < -0.3 is 14.9 Å². The van der Waals surface area contributed by atoms with Gasteiger partial charge in [0.15, 0.2) is 0 Å². The molecular weight excluding hydrogens is 212 g/mol. The molecule has 1 aliphatic heterocycles. The normalized spacial score (nSPS) is 18.8. The van der Waals surface area contributed by atoms with Crippen LogP contribution in [0.5, 0.6) is 11.5 Å². The Morgan fingerprint density at radius 2 is 2.25 bits per heavy atom. The molecule has 2 N–H and O–H groups in total. The number of benzene rings is 1. The summed E-state index contributed by atoms with van der Waals surface area (Å²) in [6.07, 6.45) is 0.0971.